The number of rotatable bonds is 4. The zero-order valence-electron chi connectivity index (χ0n) is 14.9. The molecular weight excluding hydrogens is 380 g/mol. The highest BCUT2D eigenvalue weighted by molar-refractivity contribution is 6.30. The van der Waals surface area contributed by atoms with E-state index in [1.54, 1.807) is 36.4 Å². The fourth-order valence-electron chi connectivity index (χ4n) is 3.23. The van der Waals surface area contributed by atoms with Crippen molar-refractivity contribution in [2.24, 2.45) is 5.92 Å². The number of aromatic nitrogens is 1. The molecule has 1 aliphatic heterocycles. The summed E-state index contributed by atoms with van der Waals surface area (Å²) in [7, 11) is 0. The summed E-state index contributed by atoms with van der Waals surface area (Å²) in [5, 5.41) is 12.9. The van der Waals surface area contributed by atoms with Crippen LogP contribution in [0.15, 0.2) is 51.5 Å². The van der Waals surface area contributed by atoms with Gasteiger partial charge in [-0.2, -0.15) is 10.2 Å². The summed E-state index contributed by atoms with van der Waals surface area (Å²) in [4.78, 5) is 18.7. The average Bonchev–Trinajstić information content (AvgIpc) is 3.39. The Balaban J connectivity index is 1.41. The molecule has 1 fully saturated rings. The van der Waals surface area contributed by atoms with Crippen LogP contribution in [0.4, 0.5) is 11.6 Å². The van der Waals surface area contributed by atoms with Gasteiger partial charge in [-0.3, -0.25) is 4.79 Å². The number of piperidine rings is 1. The number of nitriles is 1. The van der Waals surface area contributed by atoms with Gasteiger partial charge in [-0.25, -0.2) is 0 Å². The van der Waals surface area contributed by atoms with Crippen molar-refractivity contribution in [2.45, 2.75) is 12.8 Å². The Morgan fingerprint density at radius 1 is 1.25 bits per heavy atom. The number of benzene rings is 1. The molecular formula is C20H17ClN4O3. The zero-order chi connectivity index (χ0) is 19.5. The van der Waals surface area contributed by atoms with Crippen LogP contribution < -0.4 is 10.2 Å². The van der Waals surface area contributed by atoms with E-state index >= 15 is 0 Å². The van der Waals surface area contributed by atoms with Crippen LogP contribution in [0.5, 0.6) is 0 Å². The fraction of sp³-hybridized carbons (Fsp3) is 0.250. The highest BCUT2D eigenvalue weighted by atomic mass is 35.5. The lowest BCUT2D eigenvalue weighted by molar-refractivity contribution is -0.120. The first-order valence-corrected chi connectivity index (χ1v) is 9.28. The fourth-order valence-corrected chi connectivity index (χ4v) is 3.35. The van der Waals surface area contributed by atoms with Crippen molar-refractivity contribution in [1.29, 1.82) is 5.26 Å². The number of oxazole rings is 1. The Morgan fingerprint density at radius 3 is 2.64 bits per heavy atom. The van der Waals surface area contributed by atoms with Gasteiger partial charge >= 0.3 is 0 Å². The molecule has 3 heterocycles. The second kappa shape index (κ2) is 7.79. The van der Waals surface area contributed by atoms with Crippen molar-refractivity contribution in [2.75, 3.05) is 23.3 Å². The third kappa shape index (κ3) is 3.73. The summed E-state index contributed by atoms with van der Waals surface area (Å²) in [5.41, 5.74) is 0.942. The summed E-state index contributed by atoms with van der Waals surface area (Å²) < 4.78 is 11.1. The number of nitrogens with zero attached hydrogens (tertiary/aromatic N) is 3. The molecule has 1 aromatic carbocycles. The summed E-state index contributed by atoms with van der Waals surface area (Å²) in [6.45, 7) is 1.19. The van der Waals surface area contributed by atoms with Crippen LogP contribution in [0.3, 0.4) is 0 Å². The van der Waals surface area contributed by atoms with Crippen LogP contribution in [0.25, 0.3) is 11.7 Å². The second-order valence-electron chi connectivity index (χ2n) is 6.52. The van der Waals surface area contributed by atoms with Gasteiger partial charge < -0.3 is 19.1 Å². The number of hydrogen-bond acceptors (Lipinski definition) is 6. The molecule has 0 aliphatic carbocycles. The van der Waals surface area contributed by atoms with E-state index < -0.39 is 0 Å². The summed E-state index contributed by atoms with van der Waals surface area (Å²) in [5.74, 6) is 1.05. The van der Waals surface area contributed by atoms with Crippen molar-refractivity contribution in [3.05, 3.63) is 53.4 Å². The Hall–Kier alpha value is -3.24. The molecule has 0 bridgehead atoms. The molecule has 3 aromatic rings. The number of furan rings is 1. The standard InChI is InChI=1S/C20H17ClN4O3/c21-14-3-5-15(6-4-14)23-18(26)13-7-9-25(10-8-13)20-16(12-22)24-19(28-20)17-2-1-11-27-17/h1-6,11,13H,7-10H2,(H,23,26). The van der Waals surface area contributed by atoms with Crippen molar-refractivity contribution >= 4 is 29.1 Å². The smallest absolute Gasteiger partial charge is 0.266 e. The third-order valence-corrected chi connectivity index (χ3v) is 4.96. The van der Waals surface area contributed by atoms with Crippen molar-refractivity contribution in [1.82, 2.24) is 4.98 Å². The van der Waals surface area contributed by atoms with E-state index in [0.29, 0.717) is 42.6 Å². The van der Waals surface area contributed by atoms with E-state index in [1.807, 2.05) is 4.90 Å². The molecule has 8 heteroatoms. The van der Waals surface area contributed by atoms with Crippen LogP contribution in [0.1, 0.15) is 18.5 Å². The molecule has 142 valence electrons. The van der Waals surface area contributed by atoms with Gasteiger partial charge in [0, 0.05) is 29.7 Å². The summed E-state index contributed by atoms with van der Waals surface area (Å²) in [6, 6.07) is 12.6. The predicted octanol–water partition coefficient (Wildman–Crippen LogP) is 4.31. The van der Waals surface area contributed by atoms with Gasteiger partial charge in [0.15, 0.2) is 5.76 Å². The molecule has 4 rings (SSSR count). The SMILES string of the molecule is N#Cc1nc(-c2ccco2)oc1N1CCC(C(=O)Nc2ccc(Cl)cc2)CC1. The lowest BCUT2D eigenvalue weighted by Gasteiger charge is -2.30. The van der Waals surface area contributed by atoms with Crippen LogP contribution in [-0.4, -0.2) is 24.0 Å². The maximum Gasteiger partial charge on any atom is 0.266 e. The van der Waals surface area contributed by atoms with E-state index in [1.165, 1.54) is 6.26 Å². The number of halogens is 1. The Kier molecular flexibility index (Phi) is 5.04. The maximum absolute atomic E-state index is 12.5. The predicted molar refractivity (Wildman–Crippen MR) is 104 cm³/mol. The molecule has 0 saturated carbocycles. The topological polar surface area (TPSA) is 95.3 Å². The molecule has 1 aliphatic rings. The average molecular weight is 397 g/mol. The minimum Gasteiger partial charge on any atom is -0.459 e. The monoisotopic (exact) mass is 396 g/mol. The van der Waals surface area contributed by atoms with Crippen LogP contribution in [0.2, 0.25) is 5.02 Å². The number of hydrogen-bond donors (Lipinski definition) is 1. The van der Waals surface area contributed by atoms with Gasteiger partial charge in [0.2, 0.25) is 17.5 Å². The van der Waals surface area contributed by atoms with Gasteiger partial charge in [0.05, 0.1) is 6.26 Å². The van der Waals surface area contributed by atoms with Crippen LogP contribution >= 0.6 is 11.6 Å². The number of amides is 1. The lowest BCUT2D eigenvalue weighted by Crippen LogP contribution is -2.38. The normalized spacial score (nSPS) is 14.6. The van der Waals surface area contributed by atoms with Crippen molar-refractivity contribution in [3.63, 3.8) is 0 Å². The number of anilines is 2. The summed E-state index contributed by atoms with van der Waals surface area (Å²) in [6.07, 6.45) is 2.83. The zero-order valence-corrected chi connectivity index (χ0v) is 15.6. The van der Waals surface area contributed by atoms with Crippen molar-refractivity contribution < 1.29 is 13.6 Å². The highest BCUT2D eigenvalue weighted by Crippen LogP contribution is 2.31. The summed E-state index contributed by atoms with van der Waals surface area (Å²) >= 11 is 5.87. The minimum absolute atomic E-state index is 0.0173. The quantitative estimate of drug-likeness (QED) is 0.705. The van der Waals surface area contributed by atoms with Gasteiger partial charge in [0.25, 0.3) is 5.89 Å². The maximum atomic E-state index is 12.5. The number of nitrogens with one attached hydrogen (secondary N) is 1. The molecule has 2 aromatic heterocycles. The van der Waals surface area contributed by atoms with Crippen LogP contribution in [-0.2, 0) is 4.79 Å². The minimum atomic E-state index is -0.107. The first kappa shape index (κ1) is 18.1. The van der Waals surface area contributed by atoms with Gasteiger partial charge in [-0.1, -0.05) is 11.6 Å². The Morgan fingerprint density at radius 2 is 2.00 bits per heavy atom. The van der Waals surface area contributed by atoms with E-state index in [2.05, 4.69) is 16.4 Å². The molecule has 1 N–H and O–H groups in total. The first-order chi connectivity index (χ1) is 13.6. The first-order valence-electron chi connectivity index (χ1n) is 8.90. The van der Waals surface area contributed by atoms with E-state index in [4.69, 9.17) is 20.4 Å². The van der Waals surface area contributed by atoms with Gasteiger partial charge in [-0.15, -0.1) is 0 Å². The van der Waals surface area contributed by atoms with Gasteiger partial charge in [-0.05, 0) is 49.2 Å². The molecule has 1 amide bonds. The van der Waals surface area contributed by atoms with Crippen LogP contribution in [0, 0.1) is 17.2 Å². The number of carbonyl (C=O) groups excluding carboxylic acids is 1. The largest absolute Gasteiger partial charge is 0.459 e. The Bertz CT molecular complexity index is 997. The molecule has 28 heavy (non-hydrogen) atoms. The van der Waals surface area contributed by atoms with E-state index in [0.717, 1.165) is 5.69 Å². The molecule has 0 spiro atoms. The van der Waals surface area contributed by atoms with E-state index in [9.17, 15) is 10.1 Å². The Labute approximate surface area is 166 Å². The highest BCUT2D eigenvalue weighted by Gasteiger charge is 2.29. The second-order valence-corrected chi connectivity index (χ2v) is 6.96. The molecule has 7 nitrogen and oxygen atoms in total. The molecule has 0 atom stereocenters. The van der Waals surface area contributed by atoms with E-state index in [-0.39, 0.29) is 23.4 Å². The van der Waals surface area contributed by atoms with Crippen molar-refractivity contribution in [3.8, 4) is 17.7 Å². The third-order valence-electron chi connectivity index (χ3n) is 4.71. The molecule has 1 saturated heterocycles. The number of carbonyl (C=O) groups is 1. The molecule has 0 radical (unpaired) electrons. The van der Waals surface area contributed by atoms with Gasteiger partial charge in [0.1, 0.15) is 6.07 Å². The molecule has 0 unspecified atom stereocenters. The lowest BCUT2D eigenvalue weighted by atomic mass is 9.96.